The third-order valence-corrected chi connectivity index (χ3v) is 6.16. The van der Waals surface area contributed by atoms with E-state index in [4.69, 9.17) is 4.98 Å². The number of nitriles is 1. The molecule has 1 aromatic carbocycles. The molecule has 4 nitrogen and oxygen atoms in total. The Morgan fingerprint density at radius 2 is 1.93 bits per heavy atom. The van der Waals surface area contributed by atoms with Gasteiger partial charge in [0, 0.05) is 11.4 Å². The van der Waals surface area contributed by atoms with Crippen LogP contribution in [-0.4, -0.2) is 16.1 Å². The van der Waals surface area contributed by atoms with Crippen LogP contribution in [0.25, 0.3) is 0 Å². The van der Waals surface area contributed by atoms with E-state index in [1.54, 1.807) is 0 Å². The largest absolute Gasteiger partial charge is 0.325 e. The number of aromatic nitrogens is 1. The number of anilines is 1. The number of aryl methyl sites for hydroxylation is 4. The van der Waals surface area contributed by atoms with Gasteiger partial charge >= 0.3 is 0 Å². The molecule has 0 spiro atoms. The van der Waals surface area contributed by atoms with Gasteiger partial charge in [-0.3, -0.25) is 4.79 Å². The topological polar surface area (TPSA) is 65.8 Å². The zero-order valence-electron chi connectivity index (χ0n) is 16.1. The van der Waals surface area contributed by atoms with E-state index >= 15 is 0 Å². The lowest BCUT2D eigenvalue weighted by molar-refractivity contribution is -0.115. The van der Waals surface area contributed by atoms with Gasteiger partial charge in [0.2, 0.25) is 5.91 Å². The molecule has 0 saturated heterocycles. The van der Waals surface area contributed by atoms with Gasteiger partial charge in [-0.15, -0.1) is 0 Å². The van der Waals surface area contributed by atoms with E-state index in [0.29, 0.717) is 17.0 Å². The van der Waals surface area contributed by atoms with Crippen molar-refractivity contribution in [2.24, 2.45) is 0 Å². The molecule has 1 aliphatic rings. The van der Waals surface area contributed by atoms with Crippen LogP contribution < -0.4 is 5.32 Å². The minimum absolute atomic E-state index is 0.0455. The van der Waals surface area contributed by atoms with Crippen molar-refractivity contribution in [3.05, 3.63) is 52.2 Å². The van der Waals surface area contributed by atoms with Crippen LogP contribution in [-0.2, 0) is 17.6 Å². The molecule has 5 heteroatoms. The number of amides is 1. The summed E-state index contributed by atoms with van der Waals surface area (Å²) in [6.45, 7) is 6.03. The first kappa shape index (κ1) is 19.4. The van der Waals surface area contributed by atoms with Gasteiger partial charge in [-0.1, -0.05) is 24.8 Å². The third kappa shape index (κ3) is 4.70. The van der Waals surface area contributed by atoms with Gasteiger partial charge in [0.15, 0.2) is 0 Å². The lowest BCUT2D eigenvalue weighted by Gasteiger charge is -2.19. The van der Waals surface area contributed by atoms with Gasteiger partial charge in [-0.05, 0) is 80.8 Å². The molecule has 0 bridgehead atoms. The highest BCUT2D eigenvalue weighted by atomic mass is 32.2. The van der Waals surface area contributed by atoms with Crippen LogP contribution in [0.2, 0.25) is 0 Å². The van der Waals surface area contributed by atoms with Crippen molar-refractivity contribution in [3.8, 4) is 6.07 Å². The molecule has 1 N–H and O–H groups in total. The number of thioether (sulfide) groups is 1. The second-order valence-corrected chi connectivity index (χ2v) is 8.34. The summed E-state index contributed by atoms with van der Waals surface area (Å²) in [4.78, 5) is 17.6. The summed E-state index contributed by atoms with van der Waals surface area (Å²) < 4.78 is 0. The van der Waals surface area contributed by atoms with Crippen molar-refractivity contribution in [3.63, 3.8) is 0 Å². The second-order valence-electron chi connectivity index (χ2n) is 7.15. The monoisotopic (exact) mass is 379 g/mol. The molecule has 1 heterocycles. The minimum Gasteiger partial charge on any atom is -0.325 e. The standard InChI is InChI=1S/C22H25N3OS/c1-4-20(21(26)24-18-10-14(2)9-15(3)11-18)27-22-17(13-23)12-16-7-5-6-8-19(16)25-22/h9-12,20H,4-8H2,1-3H3,(H,24,26). The molecule has 1 aromatic heterocycles. The van der Waals surface area contributed by atoms with E-state index in [-0.39, 0.29) is 11.2 Å². The first-order valence-corrected chi connectivity index (χ1v) is 10.4. The molecular weight excluding hydrogens is 354 g/mol. The van der Waals surface area contributed by atoms with Crippen LogP contribution in [0, 0.1) is 25.2 Å². The Morgan fingerprint density at radius 3 is 2.59 bits per heavy atom. The first-order valence-electron chi connectivity index (χ1n) is 9.49. The maximum Gasteiger partial charge on any atom is 0.237 e. The Morgan fingerprint density at radius 1 is 1.22 bits per heavy atom. The number of nitrogens with zero attached hydrogens (tertiary/aromatic N) is 2. The van der Waals surface area contributed by atoms with Crippen molar-refractivity contribution < 1.29 is 4.79 Å². The molecule has 2 aromatic rings. The van der Waals surface area contributed by atoms with Crippen LogP contribution in [0.3, 0.4) is 0 Å². The van der Waals surface area contributed by atoms with E-state index in [9.17, 15) is 10.1 Å². The molecule has 3 rings (SSSR count). The predicted octanol–water partition coefficient (Wildman–Crippen LogP) is 4.96. The average molecular weight is 380 g/mol. The zero-order chi connectivity index (χ0) is 19.4. The normalized spacial score (nSPS) is 14.1. The highest BCUT2D eigenvalue weighted by Gasteiger charge is 2.23. The molecule has 0 saturated carbocycles. The number of carbonyl (C=O) groups excluding carboxylic acids is 1. The molecule has 1 unspecified atom stereocenters. The number of fused-ring (bicyclic) bond motifs is 1. The molecule has 0 aliphatic heterocycles. The van der Waals surface area contributed by atoms with Gasteiger partial charge < -0.3 is 5.32 Å². The van der Waals surface area contributed by atoms with Crippen LogP contribution >= 0.6 is 11.8 Å². The SMILES string of the molecule is CCC(Sc1nc2c(cc1C#N)CCCC2)C(=O)Nc1cc(C)cc(C)c1. The molecule has 140 valence electrons. The average Bonchev–Trinajstić information content (AvgIpc) is 2.64. The number of carbonyl (C=O) groups is 1. The van der Waals surface area contributed by atoms with E-state index in [1.807, 2.05) is 39.0 Å². The van der Waals surface area contributed by atoms with Gasteiger partial charge in [0.05, 0.1) is 10.8 Å². The summed E-state index contributed by atoms with van der Waals surface area (Å²) in [6, 6.07) is 10.3. The van der Waals surface area contributed by atoms with Crippen molar-refractivity contribution in [1.82, 2.24) is 4.98 Å². The smallest absolute Gasteiger partial charge is 0.237 e. The molecule has 1 amide bonds. The van der Waals surface area contributed by atoms with E-state index in [0.717, 1.165) is 48.2 Å². The number of hydrogen-bond donors (Lipinski definition) is 1. The molecule has 0 fully saturated rings. The van der Waals surface area contributed by atoms with Crippen molar-refractivity contribution in [2.45, 2.75) is 63.2 Å². The summed E-state index contributed by atoms with van der Waals surface area (Å²) >= 11 is 1.40. The van der Waals surface area contributed by atoms with Gasteiger partial charge in [0.1, 0.15) is 11.1 Å². The van der Waals surface area contributed by atoms with Crippen LogP contribution in [0.15, 0.2) is 29.3 Å². The Balaban J connectivity index is 1.80. The Bertz CT molecular complexity index is 881. The van der Waals surface area contributed by atoms with Crippen LogP contribution in [0.4, 0.5) is 5.69 Å². The number of pyridine rings is 1. The maximum atomic E-state index is 12.8. The molecule has 1 atom stereocenters. The van der Waals surface area contributed by atoms with Gasteiger partial charge in [-0.2, -0.15) is 5.26 Å². The number of nitrogens with one attached hydrogen (secondary N) is 1. The van der Waals surface area contributed by atoms with Gasteiger partial charge in [0.25, 0.3) is 0 Å². The second kappa shape index (κ2) is 8.58. The quantitative estimate of drug-likeness (QED) is 0.746. The van der Waals surface area contributed by atoms with Crippen molar-refractivity contribution in [1.29, 1.82) is 5.26 Å². The Hall–Kier alpha value is -2.32. The van der Waals surface area contributed by atoms with E-state index in [2.05, 4.69) is 17.5 Å². The molecule has 27 heavy (non-hydrogen) atoms. The van der Waals surface area contributed by atoms with Crippen LogP contribution in [0.5, 0.6) is 0 Å². The highest BCUT2D eigenvalue weighted by molar-refractivity contribution is 8.00. The lowest BCUT2D eigenvalue weighted by atomic mass is 9.95. The number of benzene rings is 1. The summed E-state index contributed by atoms with van der Waals surface area (Å²) in [7, 11) is 0. The van der Waals surface area contributed by atoms with Crippen LogP contribution in [0.1, 0.15) is 54.1 Å². The lowest BCUT2D eigenvalue weighted by Crippen LogP contribution is -2.25. The van der Waals surface area contributed by atoms with E-state index in [1.165, 1.54) is 17.3 Å². The highest BCUT2D eigenvalue weighted by Crippen LogP contribution is 2.31. The summed E-state index contributed by atoms with van der Waals surface area (Å²) in [5, 5.41) is 13.0. The maximum absolute atomic E-state index is 12.8. The van der Waals surface area contributed by atoms with Crippen molar-refractivity contribution in [2.75, 3.05) is 5.32 Å². The number of hydrogen-bond acceptors (Lipinski definition) is 4. The Labute approximate surface area is 165 Å². The van der Waals surface area contributed by atoms with E-state index < -0.39 is 0 Å². The fraction of sp³-hybridized carbons (Fsp3) is 0.409. The fourth-order valence-electron chi connectivity index (χ4n) is 3.51. The first-order chi connectivity index (χ1) is 13.0. The molecule has 0 radical (unpaired) electrons. The van der Waals surface area contributed by atoms with Gasteiger partial charge in [-0.25, -0.2) is 4.98 Å². The summed E-state index contributed by atoms with van der Waals surface area (Å²) in [6.07, 6.45) is 4.92. The predicted molar refractivity (Wildman–Crippen MR) is 110 cm³/mol. The van der Waals surface area contributed by atoms with Crippen molar-refractivity contribution >= 4 is 23.4 Å². The Kier molecular flexibility index (Phi) is 6.18. The molecule has 1 aliphatic carbocycles. The molecular formula is C22H25N3OS. The third-order valence-electron chi connectivity index (χ3n) is 4.79. The fourth-order valence-corrected chi connectivity index (χ4v) is 4.51. The zero-order valence-corrected chi connectivity index (χ0v) is 16.9. The summed E-state index contributed by atoms with van der Waals surface area (Å²) in [5.41, 5.74) is 5.92. The number of rotatable bonds is 5. The minimum atomic E-state index is -0.285. The summed E-state index contributed by atoms with van der Waals surface area (Å²) in [5.74, 6) is -0.0455.